The second-order valence-corrected chi connectivity index (χ2v) is 3.37. The van der Waals surface area contributed by atoms with Crippen molar-refractivity contribution in [2.75, 3.05) is 18.9 Å². The van der Waals surface area contributed by atoms with Crippen LogP contribution < -0.4 is 5.32 Å². The van der Waals surface area contributed by atoms with Crippen LogP contribution >= 0.6 is 0 Å². The van der Waals surface area contributed by atoms with E-state index < -0.39 is 24.8 Å². The average molecular weight is 247 g/mol. The minimum atomic E-state index is -3.12. The molecule has 0 bridgehead atoms. The number of hydrogen-bond acceptors (Lipinski definition) is 4. The largest absolute Gasteiger partial charge is 0.360 e. The summed E-state index contributed by atoms with van der Waals surface area (Å²) in [5.41, 5.74) is 0. The fourth-order valence-corrected chi connectivity index (χ4v) is 1.07. The van der Waals surface area contributed by atoms with Gasteiger partial charge in [0.05, 0.1) is 6.54 Å². The molecular formula is C9H11F2N3O3. The van der Waals surface area contributed by atoms with Crippen molar-refractivity contribution < 1.29 is 22.9 Å². The number of halogens is 2. The van der Waals surface area contributed by atoms with Crippen LogP contribution in [0.25, 0.3) is 0 Å². The standard InChI is InChI=1S/C9H11F2N3O3/c1-5-3-6(13-17-5)12-7(15)4-14(2)9(16)8(10)11/h3,8H,4H2,1-2H3,(H,12,13,15). The molecule has 0 unspecified atom stereocenters. The predicted octanol–water partition coefficient (Wildman–Crippen LogP) is 0.645. The molecule has 1 N–H and O–H groups in total. The van der Waals surface area contributed by atoms with Crippen LogP contribution in [0.2, 0.25) is 0 Å². The number of carbonyl (C=O) groups excluding carboxylic acids is 2. The van der Waals surface area contributed by atoms with Crippen LogP contribution in [0.3, 0.4) is 0 Å². The SMILES string of the molecule is Cc1cc(NC(=O)CN(C)C(=O)C(F)F)no1. The fraction of sp³-hybridized carbons (Fsp3) is 0.444. The quantitative estimate of drug-likeness (QED) is 0.847. The zero-order chi connectivity index (χ0) is 13.0. The molecule has 0 aliphatic rings. The molecule has 0 fully saturated rings. The third kappa shape index (κ3) is 3.82. The summed E-state index contributed by atoms with van der Waals surface area (Å²) in [6.07, 6.45) is -3.12. The van der Waals surface area contributed by atoms with Gasteiger partial charge in [-0.3, -0.25) is 9.59 Å². The van der Waals surface area contributed by atoms with Crippen molar-refractivity contribution in [3.05, 3.63) is 11.8 Å². The first-order chi connectivity index (χ1) is 7.90. The molecule has 8 heteroatoms. The molecule has 0 radical (unpaired) electrons. The van der Waals surface area contributed by atoms with Gasteiger partial charge in [0.1, 0.15) is 5.76 Å². The highest BCUT2D eigenvalue weighted by atomic mass is 19.3. The molecule has 17 heavy (non-hydrogen) atoms. The van der Waals surface area contributed by atoms with E-state index in [9.17, 15) is 18.4 Å². The number of anilines is 1. The second-order valence-electron chi connectivity index (χ2n) is 3.37. The van der Waals surface area contributed by atoms with Crippen LogP contribution in [0.15, 0.2) is 10.6 Å². The van der Waals surface area contributed by atoms with Gasteiger partial charge in [0.2, 0.25) is 5.91 Å². The number of amides is 2. The molecule has 1 aromatic heterocycles. The van der Waals surface area contributed by atoms with E-state index in [1.165, 1.54) is 6.07 Å². The van der Waals surface area contributed by atoms with E-state index in [1.807, 2.05) is 0 Å². The van der Waals surface area contributed by atoms with Gasteiger partial charge in [-0.15, -0.1) is 0 Å². The minimum absolute atomic E-state index is 0.172. The molecule has 1 aromatic rings. The summed E-state index contributed by atoms with van der Waals surface area (Å²) in [6, 6.07) is 1.47. The van der Waals surface area contributed by atoms with Gasteiger partial charge in [-0.25, -0.2) is 0 Å². The van der Waals surface area contributed by atoms with Crippen molar-refractivity contribution in [1.82, 2.24) is 10.1 Å². The fourth-order valence-electron chi connectivity index (χ4n) is 1.07. The van der Waals surface area contributed by atoms with Gasteiger partial charge in [0.15, 0.2) is 5.82 Å². The maximum Gasteiger partial charge on any atom is 0.315 e. The summed E-state index contributed by atoms with van der Waals surface area (Å²) in [4.78, 5) is 22.8. The van der Waals surface area contributed by atoms with Crippen molar-refractivity contribution >= 4 is 17.6 Å². The van der Waals surface area contributed by atoms with Gasteiger partial charge < -0.3 is 14.7 Å². The highest BCUT2D eigenvalue weighted by molar-refractivity contribution is 5.94. The topological polar surface area (TPSA) is 75.4 Å². The van der Waals surface area contributed by atoms with Gasteiger partial charge in [0.25, 0.3) is 5.91 Å². The van der Waals surface area contributed by atoms with Crippen molar-refractivity contribution in [2.45, 2.75) is 13.3 Å². The summed E-state index contributed by atoms with van der Waals surface area (Å²) < 4.78 is 28.7. The van der Waals surface area contributed by atoms with E-state index in [0.717, 1.165) is 7.05 Å². The maximum absolute atomic E-state index is 12.0. The molecule has 0 saturated carbocycles. The molecule has 1 heterocycles. The number of rotatable bonds is 4. The molecule has 1 rings (SSSR count). The van der Waals surface area contributed by atoms with Crippen molar-refractivity contribution in [1.29, 1.82) is 0 Å². The first-order valence-electron chi connectivity index (χ1n) is 4.66. The number of nitrogens with one attached hydrogen (secondary N) is 1. The Balaban J connectivity index is 2.47. The van der Waals surface area contributed by atoms with Gasteiger partial charge in [0, 0.05) is 13.1 Å². The minimum Gasteiger partial charge on any atom is -0.360 e. The number of aromatic nitrogens is 1. The summed E-state index contributed by atoms with van der Waals surface area (Å²) in [7, 11) is 1.11. The van der Waals surface area contributed by atoms with E-state index in [-0.39, 0.29) is 5.82 Å². The monoisotopic (exact) mass is 247 g/mol. The van der Waals surface area contributed by atoms with Crippen LogP contribution in [0.1, 0.15) is 5.76 Å². The van der Waals surface area contributed by atoms with Crippen LogP contribution in [-0.4, -0.2) is 41.9 Å². The second kappa shape index (κ2) is 5.37. The molecule has 94 valence electrons. The lowest BCUT2D eigenvalue weighted by Gasteiger charge is -2.15. The van der Waals surface area contributed by atoms with Crippen LogP contribution in [-0.2, 0) is 9.59 Å². The number of carbonyl (C=O) groups is 2. The van der Waals surface area contributed by atoms with E-state index in [1.54, 1.807) is 6.92 Å². The Hall–Kier alpha value is -1.99. The highest BCUT2D eigenvalue weighted by Gasteiger charge is 2.22. The number of nitrogens with zero attached hydrogens (tertiary/aromatic N) is 2. The number of hydrogen-bond donors (Lipinski definition) is 1. The van der Waals surface area contributed by atoms with Crippen LogP contribution in [0.4, 0.5) is 14.6 Å². The van der Waals surface area contributed by atoms with Crippen LogP contribution in [0, 0.1) is 6.92 Å². The number of likely N-dealkylation sites (N-methyl/N-ethyl adjacent to an activating group) is 1. The first kappa shape index (κ1) is 13.1. The maximum atomic E-state index is 12.0. The molecule has 0 spiro atoms. The predicted molar refractivity (Wildman–Crippen MR) is 53.5 cm³/mol. The summed E-state index contributed by atoms with van der Waals surface area (Å²) in [5, 5.41) is 5.79. The third-order valence-electron chi connectivity index (χ3n) is 1.84. The molecule has 0 atom stereocenters. The zero-order valence-corrected chi connectivity index (χ0v) is 9.24. The first-order valence-corrected chi connectivity index (χ1v) is 4.66. The van der Waals surface area contributed by atoms with Crippen molar-refractivity contribution in [2.24, 2.45) is 0 Å². The lowest BCUT2D eigenvalue weighted by molar-refractivity contribution is -0.143. The van der Waals surface area contributed by atoms with E-state index in [4.69, 9.17) is 4.52 Å². The van der Waals surface area contributed by atoms with Gasteiger partial charge in [-0.1, -0.05) is 5.16 Å². The lowest BCUT2D eigenvalue weighted by Crippen LogP contribution is -2.38. The molecular weight excluding hydrogens is 236 g/mol. The molecule has 2 amide bonds. The van der Waals surface area contributed by atoms with Gasteiger partial charge >= 0.3 is 6.43 Å². The highest BCUT2D eigenvalue weighted by Crippen LogP contribution is 2.07. The Morgan fingerprint density at radius 1 is 1.59 bits per heavy atom. The summed E-state index contributed by atoms with van der Waals surface area (Å²) in [6.45, 7) is 1.16. The molecule has 0 aliphatic carbocycles. The van der Waals surface area contributed by atoms with Crippen LogP contribution in [0.5, 0.6) is 0 Å². The number of aryl methyl sites for hydroxylation is 1. The Kier molecular flexibility index (Phi) is 4.13. The normalized spacial score (nSPS) is 10.4. The summed E-state index contributed by atoms with van der Waals surface area (Å²) in [5.74, 6) is -1.37. The van der Waals surface area contributed by atoms with E-state index >= 15 is 0 Å². The number of alkyl halides is 2. The van der Waals surface area contributed by atoms with E-state index in [2.05, 4.69) is 10.5 Å². The van der Waals surface area contributed by atoms with Gasteiger partial charge in [-0.05, 0) is 6.92 Å². The Bertz CT molecular complexity index is 419. The Morgan fingerprint density at radius 2 is 2.24 bits per heavy atom. The molecule has 0 aromatic carbocycles. The molecule has 0 saturated heterocycles. The van der Waals surface area contributed by atoms with Gasteiger partial charge in [-0.2, -0.15) is 8.78 Å². The Labute approximate surface area is 95.6 Å². The van der Waals surface area contributed by atoms with Crippen molar-refractivity contribution in [3.8, 4) is 0 Å². The third-order valence-corrected chi connectivity index (χ3v) is 1.84. The Morgan fingerprint density at radius 3 is 2.71 bits per heavy atom. The van der Waals surface area contributed by atoms with E-state index in [0.29, 0.717) is 10.7 Å². The lowest BCUT2D eigenvalue weighted by atomic mass is 10.4. The smallest absolute Gasteiger partial charge is 0.315 e. The molecule has 6 nitrogen and oxygen atoms in total. The summed E-state index contributed by atoms with van der Waals surface area (Å²) >= 11 is 0. The average Bonchev–Trinajstić information content (AvgIpc) is 2.62. The molecule has 0 aliphatic heterocycles. The zero-order valence-electron chi connectivity index (χ0n) is 9.24. The van der Waals surface area contributed by atoms with Crippen molar-refractivity contribution in [3.63, 3.8) is 0 Å².